The first-order valence-corrected chi connectivity index (χ1v) is 5.90. The molecule has 88 valence electrons. The number of carbonyl (C=O) groups excluding carboxylic acids is 1. The largest absolute Gasteiger partial charge is 0.368 e. The van der Waals surface area contributed by atoms with Gasteiger partial charge >= 0.3 is 0 Å². The van der Waals surface area contributed by atoms with Gasteiger partial charge in [-0.3, -0.25) is 4.79 Å². The summed E-state index contributed by atoms with van der Waals surface area (Å²) in [5.41, 5.74) is 5.58. The minimum atomic E-state index is -0.246. The fraction of sp³-hybridized carbons (Fsp3) is 0.909. The summed E-state index contributed by atoms with van der Waals surface area (Å²) in [6, 6.07) is 0.105. The Morgan fingerprint density at radius 3 is 2.93 bits per heavy atom. The van der Waals surface area contributed by atoms with Crippen LogP contribution in [0.25, 0.3) is 0 Å². The maximum absolute atomic E-state index is 11.8. The van der Waals surface area contributed by atoms with Gasteiger partial charge in [0.15, 0.2) is 0 Å². The molecule has 1 aliphatic rings. The summed E-state index contributed by atoms with van der Waals surface area (Å²) in [4.78, 5) is 11.8. The van der Waals surface area contributed by atoms with E-state index >= 15 is 0 Å². The van der Waals surface area contributed by atoms with E-state index in [1.807, 2.05) is 0 Å². The first-order valence-electron chi connectivity index (χ1n) is 5.90. The molecule has 0 aliphatic carbocycles. The minimum absolute atomic E-state index is 0.0126. The second-order valence-corrected chi connectivity index (χ2v) is 4.09. The first-order chi connectivity index (χ1) is 7.27. The molecule has 3 N–H and O–H groups in total. The number of nitrogens with one attached hydrogen (secondary N) is 1. The van der Waals surface area contributed by atoms with E-state index in [0.29, 0.717) is 13.2 Å². The number of nitrogens with two attached hydrogens (primary N) is 1. The maximum Gasteiger partial charge on any atom is 0.249 e. The Bertz CT molecular complexity index is 191. The minimum Gasteiger partial charge on any atom is -0.368 e. The molecule has 1 rings (SSSR count). The predicted octanol–water partition coefficient (Wildman–Crippen LogP) is 0.799. The van der Waals surface area contributed by atoms with Crippen molar-refractivity contribution in [1.82, 2.24) is 5.32 Å². The van der Waals surface area contributed by atoms with Crippen LogP contribution in [-0.4, -0.2) is 31.2 Å². The van der Waals surface area contributed by atoms with Crippen molar-refractivity contribution in [1.29, 1.82) is 0 Å². The molecule has 2 unspecified atom stereocenters. The van der Waals surface area contributed by atoms with Gasteiger partial charge in [0.25, 0.3) is 0 Å². The Morgan fingerprint density at radius 1 is 1.60 bits per heavy atom. The van der Waals surface area contributed by atoms with E-state index in [1.54, 1.807) is 0 Å². The van der Waals surface area contributed by atoms with Crippen molar-refractivity contribution in [2.45, 2.75) is 51.2 Å². The second kappa shape index (κ2) is 6.80. The molecule has 1 aliphatic heterocycles. The van der Waals surface area contributed by atoms with Crippen LogP contribution in [0.3, 0.4) is 0 Å². The molecule has 1 amide bonds. The lowest BCUT2D eigenvalue weighted by Gasteiger charge is -2.24. The number of carbonyl (C=O) groups is 1. The van der Waals surface area contributed by atoms with Crippen molar-refractivity contribution >= 4 is 5.91 Å². The zero-order valence-electron chi connectivity index (χ0n) is 9.50. The summed E-state index contributed by atoms with van der Waals surface area (Å²) >= 11 is 0. The zero-order valence-corrected chi connectivity index (χ0v) is 9.50. The van der Waals surface area contributed by atoms with E-state index in [-0.39, 0.29) is 18.1 Å². The van der Waals surface area contributed by atoms with Gasteiger partial charge in [0.2, 0.25) is 5.91 Å². The Hall–Kier alpha value is -0.610. The van der Waals surface area contributed by atoms with E-state index < -0.39 is 0 Å². The molecule has 0 saturated carbocycles. The van der Waals surface area contributed by atoms with Gasteiger partial charge < -0.3 is 15.8 Å². The van der Waals surface area contributed by atoms with E-state index in [0.717, 1.165) is 32.1 Å². The normalized spacial score (nSPS) is 23.5. The number of hydrogen-bond donors (Lipinski definition) is 2. The highest BCUT2D eigenvalue weighted by Gasteiger charge is 2.23. The third-order valence-electron chi connectivity index (χ3n) is 2.74. The van der Waals surface area contributed by atoms with Crippen molar-refractivity contribution in [3.63, 3.8) is 0 Å². The van der Waals surface area contributed by atoms with Gasteiger partial charge in [0.1, 0.15) is 6.10 Å². The van der Waals surface area contributed by atoms with Crippen LogP contribution < -0.4 is 11.1 Å². The summed E-state index contributed by atoms with van der Waals surface area (Å²) in [6.45, 7) is 3.30. The molecular formula is C11H22N2O2. The predicted molar refractivity (Wildman–Crippen MR) is 59.5 cm³/mol. The molecule has 0 aromatic carbocycles. The van der Waals surface area contributed by atoms with Crippen LogP contribution in [0.4, 0.5) is 0 Å². The molecule has 0 spiro atoms. The Balaban J connectivity index is 2.31. The van der Waals surface area contributed by atoms with Crippen molar-refractivity contribution in [3.8, 4) is 0 Å². The molecule has 0 radical (unpaired) electrons. The highest BCUT2D eigenvalue weighted by molar-refractivity contribution is 5.81. The Kier molecular flexibility index (Phi) is 5.65. The average Bonchev–Trinajstić information content (AvgIpc) is 2.29. The average molecular weight is 214 g/mol. The molecule has 1 heterocycles. The monoisotopic (exact) mass is 214 g/mol. The molecule has 4 nitrogen and oxygen atoms in total. The number of amides is 1. The number of hydrogen-bond acceptors (Lipinski definition) is 3. The molecular weight excluding hydrogens is 192 g/mol. The maximum atomic E-state index is 11.8. The summed E-state index contributed by atoms with van der Waals surface area (Å²) < 4.78 is 5.41. The molecule has 0 bridgehead atoms. The summed E-state index contributed by atoms with van der Waals surface area (Å²) in [5.74, 6) is 0.0126. The first kappa shape index (κ1) is 12.5. The van der Waals surface area contributed by atoms with E-state index in [9.17, 15) is 4.79 Å². The molecule has 0 aromatic rings. The molecule has 1 saturated heterocycles. The van der Waals surface area contributed by atoms with Gasteiger partial charge in [-0.05, 0) is 25.7 Å². The Morgan fingerprint density at radius 2 is 2.40 bits per heavy atom. The quantitative estimate of drug-likeness (QED) is 0.711. The third-order valence-corrected chi connectivity index (χ3v) is 2.74. The molecule has 15 heavy (non-hydrogen) atoms. The SMILES string of the molecule is CCCC(CN)NC(=O)C1CCCCO1. The van der Waals surface area contributed by atoms with Gasteiger partial charge in [0.05, 0.1) is 0 Å². The molecule has 4 heteroatoms. The summed E-state index contributed by atoms with van der Waals surface area (Å²) in [6.07, 6.45) is 4.72. The summed E-state index contributed by atoms with van der Waals surface area (Å²) in [7, 11) is 0. The topological polar surface area (TPSA) is 64.3 Å². The van der Waals surface area contributed by atoms with Gasteiger partial charge in [-0.25, -0.2) is 0 Å². The van der Waals surface area contributed by atoms with Crippen molar-refractivity contribution in [2.24, 2.45) is 5.73 Å². The second-order valence-electron chi connectivity index (χ2n) is 4.09. The fourth-order valence-electron chi connectivity index (χ4n) is 1.84. The van der Waals surface area contributed by atoms with Crippen molar-refractivity contribution in [3.05, 3.63) is 0 Å². The van der Waals surface area contributed by atoms with Crippen molar-refractivity contribution < 1.29 is 9.53 Å². The standard InChI is InChI=1S/C11H22N2O2/c1-2-5-9(8-12)13-11(14)10-6-3-4-7-15-10/h9-10H,2-8,12H2,1H3,(H,13,14). The van der Waals surface area contributed by atoms with Gasteiger partial charge in [-0.1, -0.05) is 13.3 Å². The third kappa shape index (κ3) is 4.18. The van der Waals surface area contributed by atoms with Crippen LogP contribution in [0, 0.1) is 0 Å². The molecule has 1 fully saturated rings. The van der Waals surface area contributed by atoms with Gasteiger partial charge in [-0.2, -0.15) is 0 Å². The summed E-state index contributed by atoms with van der Waals surface area (Å²) in [5, 5.41) is 2.95. The smallest absolute Gasteiger partial charge is 0.249 e. The highest BCUT2D eigenvalue weighted by atomic mass is 16.5. The van der Waals surface area contributed by atoms with Crippen molar-refractivity contribution in [2.75, 3.05) is 13.2 Å². The van der Waals surface area contributed by atoms with Crippen LogP contribution >= 0.6 is 0 Å². The van der Waals surface area contributed by atoms with Crippen LogP contribution in [-0.2, 0) is 9.53 Å². The Labute approximate surface area is 91.5 Å². The van der Waals surface area contributed by atoms with Gasteiger partial charge in [-0.15, -0.1) is 0 Å². The lowest BCUT2D eigenvalue weighted by atomic mass is 10.1. The van der Waals surface area contributed by atoms with E-state index in [1.165, 1.54) is 0 Å². The van der Waals surface area contributed by atoms with Crippen LogP contribution in [0.15, 0.2) is 0 Å². The lowest BCUT2D eigenvalue weighted by Crippen LogP contribution is -2.46. The van der Waals surface area contributed by atoms with E-state index in [4.69, 9.17) is 10.5 Å². The lowest BCUT2D eigenvalue weighted by molar-refractivity contribution is -0.136. The highest BCUT2D eigenvalue weighted by Crippen LogP contribution is 2.12. The molecule has 2 atom stereocenters. The van der Waals surface area contributed by atoms with E-state index in [2.05, 4.69) is 12.2 Å². The molecule has 0 aromatic heterocycles. The number of rotatable bonds is 5. The fourth-order valence-corrected chi connectivity index (χ4v) is 1.84. The van der Waals surface area contributed by atoms with Gasteiger partial charge in [0, 0.05) is 19.2 Å². The van der Waals surface area contributed by atoms with Crippen LogP contribution in [0.5, 0.6) is 0 Å². The van der Waals surface area contributed by atoms with Crippen LogP contribution in [0.1, 0.15) is 39.0 Å². The zero-order chi connectivity index (χ0) is 11.1. The van der Waals surface area contributed by atoms with Crippen LogP contribution in [0.2, 0.25) is 0 Å². The number of ether oxygens (including phenoxy) is 1.